The highest BCUT2D eigenvalue weighted by Crippen LogP contribution is 2.31. The molecule has 2 aromatic carbocycles. The number of nitrogens with one attached hydrogen (secondary N) is 1. The van der Waals surface area contributed by atoms with E-state index in [2.05, 4.69) is 9.39 Å². The molecule has 0 aliphatic carbocycles. The van der Waals surface area contributed by atoms with Gasteiger partial charge in [0.2, 0.25) is 20.2 Å². The van der Waals surface area contributed by atoms with Crippen LogP contribution in [0.25, 0.3) is 6.08 Å². The first-order valence-electron chi connectivity index (χ1n) is 11.7. The molecular weight excluding hydrogens is 512 g/mol. The van der Waals surface area contributed by atoms with Gasteiger partial charge in [-0.15, -0.1) is 0 Å². The van der Waals surface area contributed by atoms with Gasteiger partial charge in [-0.1, -0.05) is 44.2 Å². The Morgan fingerprint density at radius 3 is 2.35 bits per heavy atom. The molecule has 194 valence electrons. The Bertz CT molecular complexity index is 1410. The molecule has 0 saturated carbocycles. The van der Waals surface area contributed by atoms with E-state index >= 15 is 0 Å². The van der Waals surface area contributed by atoms with Gasteiger partial charge in [0.05, 0.1) is 23.3 Å². The molecule has 4 rings (SSSR count). The van der Waals surface area contributed by atoms with E-state index in [-0.39, 0.29) is 33.4 Å². The minimum absolute atomic E-state index is 0.0191. The van der Waals surface area contributed by atoms with Crippen LogP contribution in [0.4, 0.5) is 0 Å². The molecule has 0 aromatic heterocycles. The standard InChI is InChI=1S/C26H28N4O5S2/c1-16(2)15-37(32,33)26-29-36-25-28-24(31)21(23(27)30(25)26)14-19-8-10-20(11-9-19)34-12-13-35-22-17(3)6-5-7-18(22)4/h5-11,14,16,27H,12-13,15H2,1-4H3/b21-14-,27-23?. The molecule has 9 nitrogen and oxygen atoms in total. The van der Waals surface area contributed by atoms with Gasteiger partial charge < -0.3 is 9.47 Å². The minimum atomic E-state index is -3.75. The van der Waals surface area contributed by atoms with Crippen molar-refractivity contribution < 1.29 is 22.7 Å². The lowest BCUT2D eigenvalue weighted by Gasteiger charge is -2.24. The maximum absolute atomic E-state index is 12.8. The van der Waals surface area contributed by atoms with Crippen LogP contribution >= 0.6 is 11.9 Å². The summed E-state index contributed by atoms with van der Waals surface area (Å²) in [7, 11) is -3.75. The van der Waals surface area contributed by atoms with Crippen molar-refractivity contribution >= 4 is 49.9 Å². The van der Waals surface area contributed by atoms with E-state index in [1.807, 2.05) is 32.0 Å². The van der Waals surface area contributed by atoms with Crippen molar-refractivity contribution in [3.8, 4) is 11.5 Å². The van der Waals surface area contributed by atoms with Gasteiger partial charge in [0.25, 0.3) is 5.91 Å². The van der Waals surface area contributed by atoms with Crippen LogP contribution in [-0.4, -0.2) is 54.4 Å². The fourth-order valence-electron chi connectivity index (χ4n) is 3.87. The van der Waals surface area contributed by atoms with Crippen LogP contribution in [0.2, 0.25) is 0 Å². The van der Waals surface area contributed by atoms with E-state index < -0.39 is 15.7 Å². The van der Waals surface area contributed by atoms with E-state index in [9.17, 15) is 13.2 Å². The SMILES string of the molecule is Cc1cccc(C)c1OCCOc1ccc(/C=C2/C(=N)N3C(=NC2=O)SN=C3S(=O)(=O)CC(C)C)cc1. The molecule has 1 amide bonds. The number of nitrogens with zero attached hydrogens (tertiary/aromatic N) is 3. The molecule has 0 radical (unpaired) electrons. The maximum atomic E-state index is 12.8. The van der Waals surface area contributed by atoms with Gasteiger partial charge >= 0.3 is 0 Å². The van der Waals surface area contributed by atoms with E-state index in [0.717, 1.165) is 33.7 Å². The average molecular weight is 541 g/mol. The second-order valence-corrected chi connectivity index (χ2v) is 11.7. The first kappa shape index (κ1) is 26.6. The third-order valence-corrected chi connectivity index (χ3v) is 8.28. The Kier molecular flexibility index (Phi) is 7.84. The summed E-state index contributed by atoms with van der Waals surface area (Å²) in [5.41, 5.74) is 2.76. The predicted molar refractivity (Wildman–Crippen MR) is 147 cm³/mol. The van der Waals surface area contributed by atoms with Crippen molar-refractivity contribution in [1.29, 1.82) is 5.41 Å². The number of amidine groups is 3. The van der Waals surface area contributed by atoms with Crippen molar-refractivity contribution in [2.75, 3.05) is 19.0 Å². The summed E-state index contributed by atoms with van der Waals surface area (Å²) in [5, 5.41) is 8.37. The van der Waals surface area contributed by atoms with Gasteiger partial charge in [0.1, 0.15) is 30.5 Å². The summed E-state index contributed by atoms with van der Waals surface area (Å²) in [4.78, 5) is 17.7. The molecule has 0 fully saturated rings. The minimum Gasteiger partial charge on any atom is -0.490 e. The third-order valence-electron chi connectivity index (χ3n) is 5.52. The number of fused-ring (bicyclic) bond motifs is 1. The van der Waals surface area contributed by atoms with Gasteiger partial charge in [-0.05, 0) is 54.7 Å². The van der Waals surface area contributed by atoms with Crippen LogP contribution in [0.3, 0.4) is 0 Å². The molecule has 37 heavy (non-hydrogen) atoms. The molecule has 0 atom stereocenters. The molecular formula is C26H28N4O5S2. The zero-order valence-electron chi connectivity index (χ0n) is 21.0. The van der Waals surface area contributed by atoms with Crippen LogP contribution in [0.5, 0.6) is 11.5 Å². The molecule has 0 bridgehead atoms. The van der Waals surface area contributed by atoms with Gasteiger partial charge in [-0.3, -0.25) is 10.2 Å². The summed E-state index contributed by atoms with van der Waals surface area (Å²) < 4.78 is 41.2. The Labute approximate surface area is 220 Å². The first-order chi connectivity index (χ1) is 17.6. The Hall–Kier alpha value is -3.44. The van der Waals surface area contributed by atoms with E-state index in [1.165, 1.54) is 6.08 Å². The molecule has 1 N–H and O–H groups in total. The largest absolute Gasteiger partial charge is 0.490 e. The van der Waals surface area contributed by atoms with E-state index in [0.29, 0.717) is 24.5 Å². The van der Waals surface area contributed by atoms with Crippen molar-refractivity contribution in [2.24, 2.45) is 15.3 Å². The highest BCUT2D eigenvalue weighted by Gasteiger charge is 2.42. The molecule has 2 aliphatic rings. The summed E-state index contributed by atoms with van der Waals surface area (Å²) >= 11 is 0.785. The number of ether oxygens (including phenoxy) is 2. The molecule has 2 aliphatic heterocycles. The number of hydrogen-bond acceptors (Lipinski definition) is 8. The molecule has 0 saturated heterocycles. The van der Waals surface area contributed by atoms with Gasteiger partial charge in [0, 0.05) is 0 Å². The monoisotopic (exact) mass is 540 g/mol. The lowest BCUT2D eigenvalue weighted by atomic mass is 10.1. The van der Waals surface area contributed by atoms with Crippen LogP contribution in [0, 0.1) is 25.2 Å². The number of aliphatic imine (C=N–C) groups is 1. The van der Waals surface area contributed by atoms with Crippen molar-refractivity contribution in [2.45, 2.75) is 27.7 Å². The fourth-order valence-corrected chi connectivity index (χ4v) is 6.60. The molecule has 2 heterocycles. The number of hydrogen-bond donors (Lipinski definition) is 1. The molecule has 0 spiro atoms. The molecule has 0 unspecified atom stereocenters. The number of sulfone groups is 1. The van der Waals surface area contributed by atoms with Crippen LogP contribution in [0.15, 0.2) is 57.4 Å². The van der Waals surface area contributed by atoms with E-state index in [1.54, 1.807) is 38.1 Å². The molecule has 2 aromatic rings. The Morgan fingerprint density at radius 2 is 1.70 bits per heavy atom. The predicted octanol–water partition coefficient (Wildman–Crippen LogP) is 4.41. The zero-order chi connectivity index (χ0) is 26.7. The summed E-state index contributed by atoms with van der Waals surface area (Å²) in [6, 6.07) is 13.0. The lowest BCUT2D eigenvalue weighted by Crippen LogP contribution is -2.46. The lowest BCUT2D eigenvalue weighted by molar-refractivity contribution is -0.114. The van der Waals surface area contributed by atoms with Gasteiger partial charge in [0.15, 0.2) is 0 Å². The van der Waals surface area contributed by atoms with Crippen LogP contribution in [0.1, 0.15) is 30.5 Å². The van der Waals surface area contributed by atoms with Crippen LogP contribution in [-0.2, 0) is 14.6 Å². The smallest absolute Gasteiger partial charge is 0.283 e. The maximum Gasteiger partial charge on any atom is 0.283 e. The zero-order valence-corrected chi connectivity index (χ0v) is 22.6. The quantitative estimate of drug-likeness (QED) is 0.299. The number of benzene rings is 2. The Morgan fingerprint density at radius 1 is 1.05 bits per heavy atom. The van der Waals surface area contributed by atoms with E-state index in [4.69, 9.17) is 14.9 Å². The number of carbonyl (C=O) groups excluding carboxylic acids is 1. The second kappa shape index (κ2) is 10.9. The first-order valence-corrected chi connectivity index (χ1v) is 14.1. The number of para-hydroxylation sites is 1. The summed E-state index contributed by atoms with van der Waals surface area (Å²) in [6.07, 6.45) is 1.51. The van der Waals surface area contributed by atoms with Gasteiger partial charge in [-0.2, -0.15) is 9.39 Å². The number of aryl methyl sites for hydroxylation is 2. The van der Waals surface area contributed by atoms with Crippen molar-refractivity contribution in [3.05, 3.63) is 64.7 Å². The number of carbonyl (C=O) groups is 1. The molecule has 11 heteroatoms. The van der Waals surface area contributed by atoms with Crippen LogP contribution < -0.4 is 9.47 Å². The third kappa shape index (κ3) is 5.94. The van der Waals surface area contributed by atoms with Crippen molar-refractivity contribution in [3.63, 3.8) is 0 Å². The highest BCUT2D eigenvalue weighted by molar-refractivity contribution is 8.16. The van der Waals surface area contributed by atoms with Crippen molar-refractivity contribution in [1.82, 2.24) is 4.90 Å². The summed E-state index contributed by atoms with van der Waals surface area (Å²) in [5.74, 6) is 0.365. The number of rotatable bonds is 8. The topological polar surface area (TPSA) is 121 Å². The summed E-state index contributed by atoms with van der Waals surface area (Å²) in [6.45, 7) is 8.32. The fraction of sp³-hybridized carbons (Fsp3) is 0.308. The average Bonchev–Trinajstić information content (AvgIpc) is 3.26. The van der Waals surface area contributed by atoms with Gasteiger partial charge in [-0.25, -0.2) is 13.3 Å². The normalized spacial score (nSPS) is 16.7. The second-order valence-electron chi connectivity index (χ2n) is 9.07. The Balaban J connectivity index is 1.42. The number of amides is 1. The highest BCUT2D eigenvalue weighted by atomic mass is 32.2.